The zero-order valence-electron chi connectivity index (χ0n) is 3.84. The van der Waals surface area contributed by atoms with E-state index in [9.17, 15) is 0 Å². The molecule has 1 rings (SSSR count). The van der Waals surface area contributed by atoms with Crippen LogP contribution >= 0.6 is 23.6 Å². The Kier molecular flexibility index (Phi) is 1.42. The van der Waals surface area contributed by atoms with E-state index in [-0.39, 0.29) is 0 Å². The molecule has 0 spiro atoms. The number of thiazole rings is 1. The van der Waals surface area contributed by atoms with Crippen LogP contribution in [0, 0.1) is 15.3 Å². The molecular weight excluding hydrogens is 140 g/mol. The van der Waals surface area contributed by atoms with Gasteiger partial charge < -0.3 is 4.98 Å². The van der Waals surface area contributed by atoms with E-state index in [1.807, 2.05) is 6.07 Å². The van der Waals surface area contributed by atoms with Crippen LogP contribution in [-0.4, -0.2) is 4.98 Å². The highest BCUT2D eigenvalue weighted by Crippen LogP contribution is 2.01. The quantitative estimate of drug-likeness (QED) is 0.560. The van der Waals surface area contributed by atoms with Crippen LogP contribution in [0.1, 0.15) is 5.69 Å². The zero-order valence-corrected chi connectivity index (χ0v) is 5.47. The topological polar surface area (TPSA) is 39.6 Å². The minimum atomic E-state index is 0.542. The van der Waals surface area contributed by atoms with Gasteiger partial charge in [-0.2, -0.15) is 5.26 Å². The van der Waals surface area contributed by atoms with Gasteiger partial charge in [-0.25, -0.2) is 0 Å². The Morgan fingerprint density at radius 1 is 1.88 bits per heavy atom. The van der Waals surface area contributed by atoms with E-state index in [1.54, 1.807) is 5.38 Å². The number of nitriles is 1. The third kappa shape index (κ3) is 0.941. The summed E-state index contributed by atoms with van der Waals surface area (Å²) in [5.74, 6) is 0. The van der Waals surface area contributed by atoms with Crippen LogP contribution in [0.2, 0.25) is 0 Å². The Labute approximate surface area is 55.4 Å². The minimum Gasteiger partial charge on any atom is -0.329 e. The predicted molar refractivity (Wildman–Crippen MR) is 34.2 cm³/mol. The van der Waals surface area contributed by atoms with Gasteiger partial charge >= 0.3 is 0 Å². The van der Waals surface area contributed by atoms with Crippen molar-refractivity contribution >= 4 is 23.6 Å². The van der Waals surface area contributed by atoms with Crippen molar-refractivity contribution in [2.24, 2.45) is 0 Å². The second-order valence-corrected chi connectivity index (χ2v) is 2.72. The summed E-state index contributed by atoms with van der Waals surface area (Å²) in [4.78, 5) is 2.70. The van der Waals surface area contributed by atoms with Crippen molar-refractivity contribution in [2.75, 3.05) is 0 Å². The Morgan fingerprint density at radius 2 is 2.62 bits per heavy atom. The molecule has 0 radical (unpaired) electrons. The molecule has 0 bridgehead atoms. The maximum absolute atomic E-state index is 8.23. The van der Waals surface area contributed by atoms with Crippen LogP contribution in [0.4, 0.5) is 0 Å². The van der Waals surface area contributed by atoms with Crippen molar-refractivity contribution in [1.29, 1.82) is 5.26 Å². The summed E-state index contributed by atoms with van der Waals surface area (Å²) >= 11 is 6.08. The molecule has 8 heavy (non-hydrogen) atoms. The van der Waals surface area contributed by atoms with Gasteiger partial charge in [0.15, 0.2) is 3.95 Å². The van der Waals surface area contributed by atoms with Crippen LogP contribution < -0.4 is 0 Å². The monoisotopic (exact) mass is 142 g/mol. The van der Waals surface area contributed by atoms with E-state index >= 15 is 0 Å². The van der Waals surface area contributed by atoms with Crippen LogP contribution in [0.25, 0.3) is 0 Å². The van der Waals surface area contributed by atoms with Crippen molar-refractivity contribution in [2.45, 2.75) is 0 Å². The van der Waals surface area contributed by atoms with Crippen LogP contribution in [-0.2, 0) is 0 Å². The zero-order chi connectivity index (χ0) is 5.98. The van der Waals surface area contributed by atoms with E-state index in [0.29, 0.717) is 9.65 Å². The molecule has 0 unspecified atom stereocenters. The largest absolute Gasteiger partial charge is 0.329 e. The van der Waals surface area contributed by atoms with Crippen LogP contribution in [0.15, 0.2) is 5.38 Å². The van der Waals surface area contributed by atoms with Crippen molar-refractivity contribution in [1.82, 2.24) is 4.98 Å². The first kappa shape index (κ1) is 5.48. The molecule has 0 aliphatic carbocycles. The minimum absolute atomic E-state index is 0.542. The van der Waals surface area contributed by atoms with Gasteiger partial charge in [-0.15, -0.1) is 11.3 Å². The van der Waals surface area contributed by atoms with Gasteiger partial charge in [0.25, 0.3) is 0 Å². The first-order chi connectivity index (χ1) is 3.83. The number of rotatable bonds is 0. The number of hydrogen-bond acceptors (Lipinski definition) is 3. The van der Waals surface area contributed by atoms with E-state index in [2.05, 4.69) is 4.98 Å². The summed E-state index contributed by atoms with van der Waals surface area (Å²) in [6.45, 7) is 0. The highest BCUT2D eigenvalue weighted by atomic mass is 32.1. The molecule has 4 heteroatoms. The fourth-order valence-electron chi connectivity index (χ4n) is 0.336. The molecule has 1 aromatic heterocycles. The molecule has 0 aromatic carbocycles. The fraction of sp³-hybridized carbons (Fsp3) is 0. The van der Waals surface area contributed by atoms with E-state index in [4.69, 9.17) is 17.5 Å². The third-order valence-electron chi connectivity index (χ3n) is 0.641. The molecule has 0 fully saturated rings. The average Bonchev–Trinajstić information content (AvgIpc) is 2.14. The smallest absolute Gasteiger partial charge is 0.159 e. The Hall–Kier alpha value is -0.660. The lowest BCUT2D eigenvalue weighted by Gasteiger charge is -1.66. The third-order valence-corrected chi connectivity index (χ3v) is 1.70. The maximum Gasteiger partial charge on any atom is 0.159 e. The molecule has 1 N–H and O–H groups in total. The van der Waals surface area contributed by atoms with Crippen molar-refractivity contribution in [3.8, 4) is 6.07 Å². The molecule has 0 atom stereocenters. The summed E-state index contributed by atoms with van der Waals surface area (Å²) < 4.78 is 0.654. The Balaban J connectivity index is 3.25. The molecule has 1 aromatic rings. The molecule has 0 saturated heterocycles. The second-order valence-electron chi connectivity index (χ2n) is 1.17. The number of aromatic amines is 1. The number of aromatic nitrogens is 1. The van der Waals surface area contributed by atoms with Gasteiger partial charge in [-0.3, -0.25) is 0 Å². The first-order valence-corrected chi connectivity index (χ1v) is 3.19. The van der Waals surface area contributed by atoms with Crippen molar-refractivity contribution < 1.29 is 0 Å². The number of nitrogens with zero attached hydrogens (tertiary/aromatic N) is 1. The molecule has 0 aliphatic heterocycles. The van der Waals surface area contributed by atoms with Gasteiger partial charge in [0, 0.05) is 5.38 Å². The second kappa shape index (κ2) is 2.07. The van der Waals surface area contributed by atoms with E-state index in [1.165, 1.54) is 11.3 Å². The molecule has 2 nitrogen and oxygen atoms in total. The summed E-state index contributed by atoms with van der Waals surface area (Å²) in [6, 6.07) is 1.94. The molecule has 0 saturated carbocycles. The molecule has 1 heterocycles. The number of hydrogen-bond donors (Lipinski definition) is 1. The fourth-order valence-corrected chi connectivity index (χ4v) is 1.10. The van der Waals surface area contributed by atoms with Gasteiger partial charge in [-0.05, 0) is 12.2 Å². The van der Waals surface area contributed by atoms with Gasteiger partial charge in [0.1, 0.15) is 11.8 Å². The highest BCUT2D eigenvalue weighted by molar-refractivity contribution is 7.73. The summed E-state index contributed by atoms with van der Waals surface area (Å²) in [5, 5.41) is 9.93. The van der Waals surface area contributed by atoms with Gasteiger partial charge in [-0.1, -0.05) is 0 Å². The molecular formula is C4H2N2S2. The first-order valence-electron chi connectivity index (χ1n) is 1.91. The Bertz CT molecular complexity index is 264. The lowest BCUT2D eigenvalue weighted by Crippen LogP contribution is -1.66. The standard InChI is InChI=1S/C4H2N2S2/c5-1-3-2-8-4(7)6-3/h2H,(H,6,7). The Morgan fingerprint density at radius 3 is 2.88 bits per heavy atom. The van der Waals surface area contributed by atoms with E-state index < -0.39 is 0 Å². The lowest BCUT2D eigenvalue weighted by atomic mass is 10.6. The summed E-state index contributed by atoms with van der Waals surface area (Å²) in [6.07, 6.45) is 0. The molecule has 40 valence electrons. The normalized spacial score (nSPS) is 8.38. The number of nitrogens with one attached hydrogen (secondary N) is 1. The SMILES string of the molecule is N#Cc1csc(=S)[nH]1. The van der Waals surface area contributed by atoms with Gasteiger partial charge in [0.2, 0.25) is 0 Å². The molecule has 0 amide bonds. The van der Waals surface area contributed by atoms with Crippen LogP contribution in [0.3, 0.4) is 0 Å². The maximum atomic E-state index is 8.23. The van der Waals surface area contributed by atoms with Gasteiger partial charge in [0.05, 0.1) is 0 Å². The van der Waals surface area contributed by atoms with Crippen molar-refractivity contribution in [3.05, 3.63) is 15.0 Å². The summed E-state index contributed by atoms with van der Waals surface area (Å²) in [7, 11) is 0. The number of H-pyrrole nitrogens is 1. The average molecular weight is 142 g/mol. The highest BCUT2D eigenvalue weighted by Gasteiger charge is 1.86. The predicted octanol–water partition coefficient (Wildman–Crippen LogP) is 1.68. The van der Waals surface area contributed by atoms with Crippen LogP contribution in [0.5, 0.6) is 0 Å². The van der Waals surface area contributed by atoms with E-state index in [0.717, 1.165) is 0 Å². The molecule has 0 aliphatic rings. The van der Waals surface area contributed by atoms with Crippen molar-refractivity contribution in [3.63, 3.8) is 0 Å². The lowest BCUT2D eigenvalue weighted by molar-refractivity contribution is 1.32. The summed E-state index contributed by atoms with van der Waals surface area (Å²) in [5.41, 5.74) is 0.542.